The highest BCUT2D eigenvalue weighted by molar-refractivity contribution is 5.96. The van der Waals surface area contributed by atoms with Gasteiger partial charge in [-0.05, 0) is 68.1 Å². The van der Waals surface area contributed by atoms with E-state index in [9.17, 15) is 14.4 Å². The van der Waals surface area contributed by atoms with Crippen molar-refractivity contribution in [1.82, 2.24) is 14.8 Å². The lowest BCUT2D eigenvalue weighted by Gasteiger charge is -2.34. The average molecular weight is 504 g/mol. The molecule has 2 aliphatic heterocycles. The van der Waals surface area contributed by atoms with Crippen molar-refractivity contribution in [2.75, 3.05) is 49.5 Å². The molecule has 0 radical (unpaired) electrons. The zero-order valence-corrected chi connectivity index (χ0v) is 21.2. The number of nitrogens with zero attached hydrogens (tertiary/aromatic N) is 4. The van der Waals surface area contributed by atoms with Crippen molar-refractivity contribution in [2.24, 2.45) is 0 Å². The van der Waals surface area contributed by atoms with Crippen LogP contribution in [0.3, 0.4) is 0 Å². The van der Waals surface area contributed by atoms with E-state index in [4.69, 9.17) is 9.40 Å². The molecular weight excluding hydrogens is 470 g/mol. The number of amides is 3. The normalized spacial score (nSPS) is 16.2. The van der Waals surface area contributed by atoms with Crippen LogP contribution in [-0.2, 0) is 9.59 Å². The largest absolute Gasteiger partial charge is 0.459 e. The van der Waals surface area contributed by atoms with Crippen molar-refractivity contribution in [1.29, 1.82) is 0 Å². The van der Waals surface area contributed by atoms with Gasteiger partial charge in [0.15, 0.2) is 5.76 Å². The van der Waals surface area contributed by atoms with Crippen LogP contribution in [0.4, 0.5) is 11.5 Å². The van der Waals surface area contributed by atoms with Gasteiger partial charge in [0.05, 0.1) is 11.8 Å². The maximum absolute atomic E-state index is 12.7. The van der Waals surface area contributed by atoms with Crippen LogP contribution in [0.15, 0.2) is 47.1 Å². The second-order valence-electron chi connectivity index (χ2n) is 9.78. The minimum atomic E-state index is -0.199. The van der Waals surface area contributed by atoms with Crippen LogP contribution in [0.2, 0.25) is 0 Å². The molecule has 0 spiro atoms. The summed E-state index contributed by atoms with van der Waals surface area (Å²) in [4.78, 5) is 48.2. The smallest absolute Gasteiger partial charge is 0.289 e. The Labute approximate surface area is 216 Å². The van der Waals surface area contributed by atoms with E-state index < -0.39 is 0 Å². The van der Waals surface area contributed by atoms with Gasteiger partial charge in [-0.15, -0.1) is 0 Å². The SMILES string of the molecule is Cc1cc(N2CCCCC2)nc2ccc(NC(=O)CCC(=O)N3CCN(C(=O)c4ccco4)CC3)cc12. The summed E-state index contributed by atoms with van der Waals surface area (Å²) in [6, 6.07) is 11.2. The number of carbonyl (C=O) groups is 3. The summed E-state index contributed by atoms with van der Waals surface area (Å²) < 4.78 is 5.18. The molecule has 2 aliphatic rings. The summed E-state index contributed by atoms with van der Waals surface area (Å²) in [6.07, 6.45) is 5.39. The highest BCUT2D eigenvalue weighted by atomic mass is 16.3. The minimum absolute atomic E-state index is 0.0796. The molecule has 194 valence electrons. The number of pyridine rings is 1. The summed E-state index contributed by atoms with van der Waals surface area (Å²) in [7, 11) is 0. The maximum Gasteiger partial charge on any atom is 0.289 e. The van der Waals surface area contributed by atoms with E-state index in [0.717, 1.165) is 35.4 Å². The van der Waals surface area contributed by atoms with Gasteiger partial charge in [0.25, 0.3) is 5.91 Å². The molecule has 1 aromatic carbocycles. The first-order chi connectivity index (χ1) is 18.0. The van der Waals surface area contributed by atoms with E-state index in [1.54, 1.807) is 21.9 Å². The number of rotatable bonds is 6. The molecule has 2 fully saturated rings. The van der Waals surface area contributed by atoms with Crippen LogP contribution >= 0.6 is 0 Å². The number of furan rings is 1. The Morgan fingerprint density at radius 2 is 1.68 bits per heavy atom. The highest BCUT2D eigenvalue weighted by Crippen LogP contribution is 2.27. The zero-order valence-electron chi connectivity index (χ0n) is 21.2. The van der Waals surface area contributed by atoms with E-state index >= 15 is 0 Å². The van der Waals surface area contributed by atoms with E-state index in [1.165, 1.54) is 25.5 Å². The third-order valence-corrected chi connectivity index (χ3v) is 7.18. The molecule has 2 aromatic heterocycles. The number of fused-ring (bicyclic) bond motifs is 1. The molecular formula is C28H33N5O4. The van der Waals surface area contributed by atoms with Crippen LogP contribution in [0, 0.1) is 6.92 Å². The second kappa shape index (κ2) is 11.0. The summed E-state index contributed by atoms with van der Waals surface area (Å²) >= 11 is 0. The standard InChI is InChI=1S/C28H33N5O4/c1-20-18-25(31-11-3-2-4-12-31)30-23-8-7-21(19-22(20)23)29-26(34)9-10-27(35)32-13-15-33(16-14-32)28(36)24-6-5-17-37-24/h5-8,17-19H,2-4,9-16H2,1H3,(H,29,34). The molecule has 0 saturated carbocycles. The van der Waals surface area contributed by atoms with Crippen molar-refractivity contribution < 1.29 is 18.8 Å². The summed E-state index contributed by atoms with van der Waals surface area (Å²) in [5.74, 6) is 0.878. The van der Waals surface area contributed by atoms with Crippen molar-refractivity contribution in [2.45, 2.75) is 39.0 Å². The number of benzene rings is 1. The minimum Gasteiger partial charge on any atom is -0.459 e. The molecule has 3 amide bonds. The molecule has 9 heteroatoms. The molecule has 3 aromatic rings. The van der Waals surface area contributed by atoms with E-state index in [1.807, 2.05) is 18.2 Å². The summed E-state index contributed by atoms with van der Waals surface area (Å²) in [5.41, 5.74) is 2.74. The van der Waals surface area contributed by atoms with Gasteiger partial charge in [-0.1, -0.05) is 0 Å². The lowest BCUT2D eigenvalue weighted by atomic mass is 10.1. The van der Waals surface area contributed by atoms with Crippen molar-refractivity contribution in [3.63, 3.8) is 0 Å². The Hall–Kier alpha value is -3.88. The molecule has 1 N–H and O–H groups in total. The third-order valence-electron chi connectivity index (χ3n) is 7.18. The Balaban J connectivity index is 1.12. The lowest BCUT2D eigenvalue weighted by molar-refractivity contribution is -0.134. The predicted molar refractivity (Wildman–Crippen MR) is 142 cm³/mol. The topological polar surface area (TPSA) is 99.0 Å². The Bertz CT molecular complexity index is 1280. The molecule has 0 atom stereocenters. The van der Waals surface area contributed by atoms with Gasteiger partial charge in [-0.3, -0.25) is 14.4 Å². The Kier molecular flexibility index (Phi) is 7.39. The number of aryl methyl sites for hydroxylation is 1. The van der Waals surface area contributed by atoms with Crippen LogP contribution in [0.1, 0.15) is 48.2 Å². The molecule has 4 heterocycles. The monoisotopic (exact) mass is 503 g/mol. The van der Waals surface area contributed by atoms with E-state index in [2.05, 4.69) is 23.2 Å². The number of piperazine rings is 1. The first-order valence-corrected chi connectivity index (χ1v) is 13.0. The number of carbonyl (C=O) groups excluding carboxylic acids is 3. The first-order valence-electron chi connectivity index (χ1n) is 13.0. The summed E-state index contributed by atoms with van der Waals surface area (Å²) in [6.45, 7) is 5.95. The third kappa shape index (κ3) is 5.76. The second-order valence-corrected chi connectivity index (χ2v) is 9.78. The fraction of sp³-hybridized carbons (Fsp3) is 0.429. The Morgan fingerprint density at radius 3 is 2.41 bits per heavy atom. The number of aromatic nitrogens is 1. The molecule has 2 saturated heterocycles. The quantitative estimate of drug-likeness (QED) is 0.549. The van der Waals surface area contributed by atoms with Crippen molar-refractivity contribution in [3.8, 4) is 0 Å². The van der Waals surface area contributed by atoms with Gasteiger partial charge < -0.3 is 24.4 Å². The molecule has 9 nitrogen and oxygen atoms in total. The van der Waals surface area contributed by atoms with E-state index in [0.29, 0.717) is 37.6 Å². The van der Waals surface area contributed by atoms with Crippen LogP contribution < -0.4 is 10.2 Å². The lowest BCUT2D eigenvalue weighted by Crippen LogP contribution is -2.50. The number of hydrogen-bond donors (Lipinski definition) is 1. The molecule has 0 unspecified atom stereocenters. The van der Waals surface area contributed by atoms with Crippen molar-refractivity contribution >= 4 is 40.1 Å². The fourth-order valence-corrected chi connectivity index (χ4v) is 5.06. The maximum atomic E-state index is 12.7. The van der Waals surface area contributed by atoms with Gasteiger partial charge in [0, 0.05) is 63.2 Å². The molecule has 0 aliphatic carbocycles. The zero-order chi connectivity index (χ0) is 25.8. The molecule has 5 rings (SSSR count). The number of piperidine rings is 1. The van der Waals surface area contributed by atoms with Gasteiger partial charge >= 0.3 is 0 Å². The Morgan fingerprint density at radius 1 is 0.919 bits per heavy atom. The van der Waals surface area contributed by atoms with E-state index in [-0.39, 0.29) is 30.6 Å². The van der Waals surface area contributed by atoms with Gasteiger partial charge in [0.1, 0.15) is 5.82 Å². The number of nitrogens with one attached hydrogen (secondary N) is 1. The summed E-state index contributed by atoms with van der Waals surface area (Å²) in [5, 5.41) is 3.93. The number of hydrogen-bond acceptors (Lipinski definition) is 6. The van der Waals surface area contributed by atoms with Gasteiger partial charge in [-0.2, -0.15) is 0 Å². The van der Waals surface area contributed by atoms with Gasteiger partial charge in [-0.25, -0.2) is 4.98 Å². The van der Waals surface area contributed by atoms with Crippen LogP contribution in [0.5, 0.6) is 0 Å². The van der Waals surface area contributed by atoms with Crippen LogP contribution in [-0.4, -0.2) is 71.8 Å². The van der Waals surface area contributed by atoms with Crippen LogP contribution in [0.25, 0.3) is 10.9 Å². The predicted octanol–water partition coefficient (Wildman–Crippen LogP) is 3.83. The molecule has 37 heavy (non-hydrogen) atoms. The van der Waals surface area contributed by atoms with Crippen molar-refractivity contribution in [3.05, 3.63) is 54.0 Å². The number of anilines is 2. The average Bonchev–Trinajstić information content (AvgIpc) is 3.47. The fourth-order valence-electron chi connectivity index (χ4n) is 5.06. The highest BCUT2D eigenvalue weighted by Gasteiger charge is 2.26. The molecule has 0 bridgehead atoms. The van der Waals surface area contributed by atoms with Gasteiger partial charge in [0.2, 0.25) is 11.8 Å². The first kappa shape index (κ1) is 24.8.